The molecule has 2 rings (SSSR count). The quantitative estimate of drug-likeness (QED) is 0.419. The Kier molecular flexibility index (Phi) is 7.04. The smallest absolute Gasteiger partial charge is 0.285 e. The van der Waals surface area contributed by atoms with E-state index in [1.165, 1.54) is 0 Å². The number of nitro groups is 1. The van der Waals surface area contributed by atoms with E-state index in [4.69, 9.17) is 4.74 Å². The van der Waals surface area contributed by atoms with Crippen molar-refractivity contribution < 1.29 is 14.5 Å². The molecule has 1 unspecified atom stereocenters. The molecule has 0 fully saturated rings. The van der Waals surface area contributed by atoms with Crippen LogP contribution in [0.25, 0.3) is 0 Å². The van der Waals surface area contributed by atoms with Gasteiger partial charge in [0.15, 0.2) is 0 Å². The van der Waals surface area contributed by atoms with E-state index in [2.05, 4.69) is 5.32 Å². The van der Waals surface area contributed by atoms with Crippen LogP contribution in [0.15, 0.2) is 53.5 Å². The van der Waals surface area contributed by atoms with Gasteiger partial charge >= 0.3 is 0 Å². The van der Waals surface area contributed by atoms with Gasteiger partial charge in [-0.2, -0.15) is 0 Å². The van der Waals surface area contributed by atoms with E-state index in [0.29, 0.717) is 19.6 Å². The Morgan fingerprint density at radius 3 is 2.69 bits per heavy atom. The van der Waals surface area contributed by atoms with Gasteiger partial charge in [0.2, 0.25) is 5.91 Å². The van der Waals surface area contributed by atoms with Crippen LogP contribution in [0.1, 0.15) is 25.0 Å². The number of ether oxygens (including phenoxy) is 1. The van der Waals surface area contributed by atoms with E-state index in [0.717, 1.165) is 28.5 Å². The second-order valence-corrected chi connectivity index (χ2v) is 5.74. The van der Waals surface area contributed by atoms with Crippen molar-refractivity contribution >= 4 is 11.6 Å². The largest absolute Gasteiger partial charge is 0.374 e. The van der Waals surface area contributed by atoms with Gasteiger partial charge in [0, 0.05) is 25.3 Å². The lowest BCUT2D eigenvalue weighted by Crippen LogP contribution is -2.32. The fraction of sp³-hybridized carbons (Fsp3) is 0.333. The highest BCUT2D eigenvalue weighted by Gasteiger charge is 2.10. The van der Waals surface area contributed by atoms with Crippen LogP contribution < -0.4 is 10.9 Å². The van der Waals surface area contributed by atoms with E-state index in [9.17, 15) is 19.7 Å². The second kappa shape index (κ2) is 9.47. The first-order chi connectivity index (χ1) is 12.5. The van der Waals surface area contributed by atoms with Crippen LogP contribution in [0.3, 0.4) is 0 Å². The third kappa shape index (κ3) is 5.82. The van der Waals surface area contributed by atoms with Crippen LogP contribution in [-0.4, -0.2) is 28.5 Å². The zero-order valence-corrected chi connectivity index (χ0v) is 14.5. The van der Waals surface area contributed by atoms with Crippen LogP contribution >= 0.6 is 0 Å². The fourth-order valence-electron chi connectivity index (χ4n) is 2.34. The Hall–Kier alpha value is -3.00. The lowest BCUT2D eigenvalue weighted by molar-refractivity contribution is -0.385. The summed E-state index contributed by atoms with van der Waals surface area (Å²) in [6, 6.07) is 12.0. The van der Waals surface area contributed by atoms with Crippen LogP contribution in [0.2, 0.25) is 0 Å². The van der Waals surface area contributed by atoms with Gasteiger partial charge in [-0.25, -0.2) is 0 Å². The first-order valence-corrected chi connectivity index (χ1v) is 8.25. The summed E-state index contributed by atoms with van der Waals surface area (Å²) < 4.78 is 6.72. The molecule has 138 valence electrons. The van der Waals surface area contributed by atoms with Crippen molar-refractivity contribution in [3.63, 3.8) is 0 Å². The topological polar surface area (TPSA) is 103 Å². The number of aromatic nitrogens is 1. The zero-order valence-electron chi connectivity index (χ0n) is 14.5. The predicted octanol–water partition coefficient (Wildman–Crippen LogP) is 2.04. The maximum atomic E-state index is 11.9. The zero-order chi connectivity index (χ0) is 18.9. The predicted molar refractivity (Wildman–Crippen MR) is 95.8 cm³/mol. The van der Waals surface area contributed by atoms with E-state index >= 15 is 0 Å². The van der Waals surface area contributed by atoms with E-state index in [-0.39, 0.29) is 24.2 Å². The number of nitrogens with zero attached hydrogens (tertiary/aromatic N) is 2. The number of carbonyl (C=O) groups excluding carboxylic acids is 1. The molecule has 1 N–H and O–H groups in total. The van der Waals surface area contributed by atoms with Crippen molar-refractivity contribution in [3.05, 3.63) is 74.7 Å². The van der Waals surface area contributed by atoms with Gasteiger partial charge in [0.25, 0.3) is 11.2 Å². The number of nitrogens with one attached hydrogen (secondary N) is 1. The molecule has 0 aliphatic carbocycles. The summed E-state index contributed by atoms with van der Waals surface area (Å²) in [5, 5.41) is 13.4. The number of benzene rings is 1. The minimum absolute atomic E-state index is 0.0321. The molecule has 0 aliphatic rings. The minimum atomic E-state index is -0.612. The molecule has 1 aromatic heterocycles. The molecule has 1 heterocycles. The monoisotopic (exact) mass is 359 g/mol. The highest BCUT2D eigenvalue weighted by atomic mass is 16.6. The summed E-state index contributed by atoms with van der Waals surface area (Å²) in [5.41, 5.74) is 0.382. The normalized spacial score (nSPS) is 11.7. The number of carbonyl (C=O) groups is 1. The van der Waals surface area contributed by atoms with Crippen molar-refractivity contribution in [2.24, 2.45) is 0 Å². The summed E-state index contributed by atoms with van der Waals surface area (Å²) in [6.07, 6.45) is 1.65. The second-order valence-electron chi connectivity index (χ2n) is 5.74. The first-order valence-electron chi connectivity index (χ1n) is 8.25. The first kappa shape index (κ1) is 19.3. The van der Waals surface area contributed by atoms with Crippen LogP contribution in [0.5, 0.6) is 0 Å². The Labute approximate surface area is 150 Å². The molecule has 0 bridgehead atoms. The van der Waals surface area contributed by atoms with Gasteiger partial charge in [0.1, 0.15) is 6.54 Å². The van der Waals surface area contributed by atoms with Gasteiger partial charge in [0.05, 0.1) is 17.2 Å². The van der Waals surface area contributed by atoms with Crippen LogP contribution in [-0.2, 0) is 16.1 Å². The minimum Gasteiger partial charge on any atom is -0.374 e. The molecule has 0 aliphatic heterocycles. The summed E-state index contributed by atoms with van der Waals surface area (Å²) in [7, 11) is 0. The molecule has 0 radical (unpaired) electrons. The molecule has 0 spiro atoms. The summed E-state index contributed by atoms with van der Waals surface area (Å²) in [4.78, 5) is 33.7. The van der Waals surface area contributed by atoms with Gasteiger partial charge < -0.3 is 10.1 Å². The van der Waals surface area contributed by atoms with E-state index in [1.807, 2.05) is 37.3 Å². The van der Waals surface area contributed by atoms with Gasteiger partial charge in [-0.15, -0.1) is 0 Å². The van der Waals surface area contributed by atoms with Crippen molar-refractivity contribution in [3.8, 4) is 0 Å². The average Bonchev–Trinajstić information content (AvgIpc) is 2.63. The van der Waals surface area contributed by atoms with Gasteiger partial charge in [-0.1, -0.05) is 30.3 Å². The van der Waals surface area contributed by atoms with Gasteiger partial charge in [-0.05, 0) is 18.9 Å². The summed E-state index contributed by atoms with van der Waals surface area (Å²) in [5.74, 6) is -0.385. The Morgan fingerprint density at radius 2 is 2.00 bits per heavy atom. The highest BCUT2D eigenvalue weighted by Crippen LogP contribution is 2.15. The molecule has 1 aromatic carbocycles. The molecule has 0 saturated carbocycles. The number of amides is 1. The Morgan fingerprint density at radius 1 is 1.27 bits per heavy atom. The molecule has 8 heteroatoms. The van der Waals surface area contributed by atoms with Crippen molar-refractivity contribution in [2.45, 2.75) is 26.0 Å². The lowest BCUT2D eigenvalue weighted by atomic mass is 10.1. The molecular formula is C18H21N3O5. The maximum absolute atomic E-state index is 11.9. The van der Waals surface area contributed by atoms with Gasteiger partial charge in [-0.3, -0.25) is 24.3 Å². The number of hydrogen-bond donors (Lipinski definition) is 1. The number of pyridine rings is 1. The highest BCUT2D eigenvalue weighted by molar-refractivity contribution is 5.75. The molecular weight excluding hydrogens is 338 g/mol. The third-order valence-electron chi connectivity index (χ3n) is 3.77. The fourth-order valence-corrected chi connectivity index (χ4v) is 2.34. The molecule has 0 saturated heterocycles. The van der Waals surface area contributed by atoms with E-state index in [1.54, 1.807) is 0 Å². The summed E-state index contributed by atoms with van der Waals surface area (Å²) in [6.45, 7) is 2.57. The number of rotatable bonds is 9. The van der Waals surface area contributed by atoms with Crippen molar-refractivity contribution in [2.75, 3.05) is 13.2 Å². The summed E-state index contributed by atoms with van der Waals surface area (Å²) >= 11 is 0. The maximum Gasteiger partial charge on any atom is 0.285 e. The Balaban J connectivity index is 1.72. The molecule has 2 aromatic rings. The van der Waals surface area contributed by atoms with E-state index < -0.39 is 10.5 Å². The SMILES string of the molecule is CC(OCCCNC(=O)Cn1cc([N+](=O)[O-])ccc1=O)c1ccccc1. The Bertz CT molecular complexity index is 804. The average molecular weight is 359 g/mol. The van der Waals surface area contributed by atoms with Crippen LogP contribution in [0, 0.1) is 10.1 Å². The van der Waals surface area contributed by atoms with Crippen LogP contribution in [0.4, 0.5) is 5.69 Å². The van der Waals surface area contributed by atoms with Crippen molar-refractivity contribution in [1.82, 2.24) is 9.88 Å². The molecule has 26 heavy (non-hydrogen) atoms. The van der Waals surface area contributed by atoms with Crippen molar-refractivity contribution in [1.29, 1.82) is 0 Å². The molecule has 1 amide bonds. The third-order valence-corrected chi connectivity index (χ3v) is 3.77. The number of hydrogen-bond acceptors (Lipinski definition) is 5. The molecule has 8 nitrogen and oxygen atoms in total. The molecule has 1 atom stereocenters. The lowest BCUT2D eigenvalue weighted by Gasteiger charge is -2.13. The standard InChI is InChI=1S/C18H21N3O5/c1-14(15-6-3-2-4-7-15)26-11-5-10-19-17(22)13-20-12-16(21(24)25)8-9-18(20)23/h2-4,6-9,12,14H,5,10-11,13H2,1H3,(H,19,22).